The fraction of sp³-hybridized carbons (Fsp3) is 0.424. The number of rotatable bonds is 9. The highest BCUT2D eigenvalue weighted by Crippen LogP contribution is 2.60. The highest BCUT2D eigenvalue weighted by Gasteiger charge is 2.67. The first-order valence-corrected chi connectivity index (χ1v) is 15.9. The van der Waals surface area contributed by atoms with Crippen molar-refractivity contribution in [2.45, 2.75) is 65.6 Å². The summed E-state index contributed by atoms with van der Waals surface area (Å²) >= 11 is 3.39. The molecule has 4 heterocycles. The summed E-state index contributed by atoms with van der Waals surface area (Å²) in [5, 5.41) is 8.35. The number of hydrogen-bond acceptors (Lipinski definition) is 8. The Kier molecular flexibility index (Phi) is 8.07. The van der Waals surface area contributed by atoms with Crippen LogP contribution in [0.15, 0.2) is 41.3 Å². The van der Waals surface area contributed by atoms with E-state index in [0.717, 1.165) is 40.7 Å². The Morgan fingerprint density at radius 3 is 2.49 bits per heavy atom. The van der Waals surface area contributed by atoms with E-state index in [1.165, 1.54) is 6.92 Å². The van der Waals surface area contributed by atoms with Crippen LogP contribution in [0.25, 0.3) is 22.0 Å². The molecule has 45 heavy (non-hydrogen) atoms. The minimum absolute atomic E-state index is 0.0485. The maximum atomic E-state index is 14.3. The van der Waals surface area contributed by atoms with Crippen LogP contribution in [0.4, 0.5) is 5.82 Å². The SMILES string of the molecule is CCc1cc(-c2cnc(C)nc2)cc2c(C(C)=O)nn(CC(=O)N3C4C[C@]4(CN(C)C)C[C@H]3C(=O)Nc3nc(Br)ccc3C)c12. The quantitative estimate of drug-likeness (QED) is 0.202. The molecule has 12 heteroatoms. The van der Waals surface area contributed by atoms with E-state index in [1.54, 1.807) is 22.0 Å². The molecule has 3 atom stereocenters. The number of pyridine rings is 1. The number of benzene rings is 1. The highest BCUT2D eigenvalue weighted by atomic mass is 79.9. The lowest BCUT2D eigenvalue weighted by Gasteiger charge is -2.27. The van der Waals surface area contributed by atoms with Crippen LogP contribution >= 0.6 is 15.9 Å². The van der Waals surface area contributed by atoms with Gasteiger partial charge in [0.05, 0.1) is 5.52 Å². The van der Waals surface area contributed by atoms with Crippen LogP contribution in [0, 0.1) is 19.3 Å². The summed E-state index contributed by atoms with van der Waals surface area (Å²) in [5.41, 5.74) is 4.42. The molecule has 6 rings (SSSR count). The molecule has 4 aromatic rings. The zero-order chi connectivity index (χ0) is 32.2. The van der Waals surface area contributed by atoms with Crippen LogP contribution in [0.5, 0.6) is 0 Å². The van der Waals surface area contributed by atoms with Crippen molar-refractivity contribution < 1.29 is 14.4 Å². The number of nitrogens with zero attached hydrogens (tertiary/aromatic N) is 7. The average Bonchev–Trinajstić information content (AvgIpc) is 3.38. The number of aromatic nitrogens is 5. The number of hydrogen-bond donors (Lipinski definition) is 1. The van der Waals surface area contributed by atoms with Gasteiger partial charge in [-0.1, -0.05) is 13.0 Å². The zero-order valence-electron chi connectivity index (χ0n) is 26.4. The molecule has 0 bridgehead atoms. The van der Waals surface area contributed by atoms with Crippen LogP contribution in [-0.4, -0.2) is 84.9 Å². The van der Waals surface area contributed by atoms with Gasteiger partial charge in [-0.2, -0.15) is 5.10 Å². The molecule has 1 saturated heterocycles. The smallest absolute Gasteiger partial charge is 0.248 e. The van der Waals surface area contributed by atoms with Gasteiger partial charge in [0.1, 0.15) is 34.5 Å². The summed E-state index contributed by atoms with van der Waals surface area (Å²) in [7, 11) is 4.03. The van der Waals surface area contributed by atoms with Crippen LogP contribution in [-0.2, 0) is 22.6 Å². The monoisotopic (exact) mass is 672 g/mol. The first-order chi connectivity index (χ1) is 21.4. The predicted molar refractivity (Wildman–Crippen MR) is 175 cm³/mol. The number of carbonyl (C=O) groups is 3. The fourth-order valence-corrected chi connectivity index (χ4v) is 7.18. The Labute approximate surface area is 270 Å². The molecule has 1 aliphatic carbocycles. The van der Waals surface area contributed by atoms with E-state index in [9.17, 15) is 14.4 Å². The minimum atomic E-state index is -0.649. The molecule has 2 fully saturated rings. The standard InChI is InChI=1S/C33H37BrN8O3/c1-7-21-10-22(23-14-35-20(4)36-15-23)11-24-29(19(3)43)39-41(30(21)24)16-28(44)42-25(12-33(13-26(33)42)17-40(5)6)32(45)38-31-18(2)8-9-27(34)37-31/h8-11,14-15,25-26H,7,12-13,16-17H2,1-6H3,(H,37,38,45)/t25-,26?,33-/m0/s1. The summed E-state index contributed by atoms with van der Waals surface area (Å²) in [6.07, 6.45) is 5.61. The Morgan fingerprint density at radius 1 is 1.09 bits per heavy atom. The molecule has 1 unspecified atom stereocenters. The van der Waals surface area contributed by atoms with Crippen molar-refractivity contribution in [1.29, 1.82) is 0 Å². The topological polar surface area (TPSA) is 126 Å². The lowest BCUT2D eigenvalue weighted by Crippen LogP contribution is -2.47. The molecule has 0 radical (unpaired) electrons. The normalized spacial score (nSPS) is 20.5. The Hall–Kier alpha value is -4.03. The van der Waals surface area contributed by atoms with Crippen molar-refractivity contribution in [3.63, 3.8) is 0 Å². The zero-order valence-corrected chi connectivity index (χ0v) is 28.0. The number of carbonyl (C=O) groups excluding carboxylic acids is 3. The highest BCUT2D eigenvalue weighted by molar-refractivity contribution is 9.10. The van der Waals surface area contributed by atoms with Crippen molar-refractivity contribution in [1.82, 2.24) is 34.5 Å². The van der Waals surface area contributed by atoms with Gasteiger partial charge in [-0.05, 0) is 98.0 Å². The largest absolute Gasteiger partial charge is 0.325 e. The van der Waals surface area contributed by atoms with Gasteiger partial charge in [0.2, 0.25) is 11.8 Å². The average molecular weight is 674 g/mol. The number of nitrogens with one attached hydrogen (secondary N) is 1. The molecular formula is C33H37BrN8O3. The summed E-state index contributed by atoms with van der Waals surface area (Å²) in [5.74, 6) is 0.503. The van der Waals surface area contributed by atoms with E-state index >= 15 is 0 Å². The van der Waals surface area contributed by atoms with E-state index < -0.39 is 6.04 Å². The first-order valence-electron chi connectivity index (χ1n) is 15.1. The van der Waals surface area contributed by atoms with Crippen molar-refractivity contribution in [2.24, 2.45) is 5.41 Å². The number of aryl methyl sites for hydroxylation is 3. The molecule has 3 aromatic heterocycles. The third kappa shape index (κ3) is 5.77. The maximum absolute atomic E-state index is 14.3. The number of likely N-dealkylation sites (tertiary alicyclic amines) is 1. The first kappa shape index (κ1) is 31.0. The molecule has 1 aromatic carbocycles. The third-order valence-electron chi connectivity index (χ3n) is 8.98. The van der Waals surface area contributed by atoms with Crippen LogP contribution < -0.4 is 5.32 Å². The molecule has 1 N–H and O–H groups in total. The minimum Gasteiger partial charge on any atom is -0.325 e. The Morgan fingerprint density at radius 2 is 1.82 bits per heavy atom. The molecule has 2 aliphatic rings. The molecule has 0 spiro atoms. The van der Waals surface area contributed by atoms with E-state index in [2.05, 4.69) is 46.2 Å². The maximum Gasteiger partial charge on any atom is 0.248 e. The number of Topliss-reactive ketones (excluding diaryl/α,β-unsaturated/α-hetero) is 1. The number of fused-ring (bicyclic) bond motifs is 2. The number of anilines is 1. The molecule has 1 aliphatic heterocycles. The molecule has 2 amide bonds. The van der Waals surface area contributed by atoms with Gasteiger partial charge < -0.3 is 15.1 Å². The molecule has 234 valence electrons. The Bertz CT molecular complexity index is 1840. The summed E-state index contributed by atoms with van der Waals surface area (Å²) in [6.45, 7) is 7.93. The van der Waals surface area contributed by atoms with Crippen molar-refractivity contribution in [3.8, 4) is 11.1 Å². The number of piperidine rings is 1. The van der Waals surface area contributed by atoms with Gasteiger partial charge in [-0.25, -0.2) is 15.0 Å². The van der Waals surface area contributed by atoms with E-state index in [4.69, 9.17) is 0 Å². The van der Waals surface area contributed by atoms with Gasteiger partial charge in [0.15, 0.2) is 5.78 Å². The molecular weight excluding hydrogens is 636 g/mol. The second-order valence-corrected chi connectivity index (χ2v) is 13.4. The third-order valence-corrected chi connectivity index (χ3v) is 9.42. The van der Waals surface area contributed by atoms with Gasteiger partial charge in [-0.3, -0.25) is 19.1 Å². The lowest BCUT2D eigenvalue weighted by molar-refractivity contribution is -0.138. The van der Waals surface area contributed by atoms with Crippen molar-refractivity contribution in [3.05, 3.63) is 63.9 Å². The Balaban J connectivity index is 1.36. The van der Waals surface area contributed by atoms with Gasteiger partial charge in [-0.15, -0.1) is 0 Å². The van der Waals surface area contributed by atoms with Crippen LogP contribution in [0.1, 0.15) is 54.1 Å². The fourth-order valence-electron chi connectivity index (χ4n) is 6.87. The van der Waals surface area contributed by atoms with Crippen molar-refractivity contribution in [2.75, 3.05) is 26.0 Å². The number of halogens is 1. The number of amides is 2. The van der Waals surface area contributed by atoms with Crippen molar-refractivity contribution >= 4 is 50.2 Å². The van der Waals surface area contributed by atoms with Crippen LogP contribution in [0.3, 0.4) is 0 Å². The summed E-state index contributed by atoms with van der Waals surface area (Å²) < 4.78 is 2.26. The predicted octanol–water partition coefficient (Wildman–Crippen LogP) is 4.59. The lowest BCUT2D eigenvalue weighted by atomic mass is 9.98. The number of ketones is 1. The molecule has 11 nitrogen and oxygen atoms in total. The molecule has 1 saturated carbocycles. The van der Waals surface area contributed by atoms with Gasteiger partial charge in [0, 0.05) is 48.3 Å². The van der Waals surface area contributed by atoms with Crippen LogP contribution in [0.2, 0.25) is 0 Å². The van der Waals surface area contributed by atoms with E-state index in [0.29, 0.717) is 40.2 Å². The van der Waals surface area contributed by atoms with Gasteiger partial charge >= 0.3 is 0 Å². The van der Waals surface area contributed by atoms with Gasteiger partial charge in [0.25, 0.3) is 0 Å². The van der Waals surface area contributed by atoms with E-state index in [1.807, 2.05) is 59.1 Å². The van der Waals surface area contributed by atoms with E-state index in [-0.39, 0.29) is 35.6 Å². The summed E-state index contributed by atoms with van der Waals surface area (Å²) in [4.78, 5) is 57.9. The summed E-state index contributed by atoms with van der Waals surface area (Å²) in [6, 6.07) is 6.98. The second-order valence-electron chi connectivity index (χ2n) is 12.6. The second kappa shape index (κ2) is 11.7.